The van der Waals surface area contributed by atoms with Gasteiger partial charge in [0.05, 0.1) is 12.7 Å². The minimum absolute atomic E-state index is 0.216. The van der Waals surface area contributed by atoms with Crippen molar-refractivity contribution in [2.24, 2.45) is 0 Å². The van der Waals surface area contributed by atoms with Gasteiger partial charge in [-0.1, -0.05) is 6.07 Å². The zero-order chi connectivity index (χ0) is 14.7. The van der Waals surface area contributed by atoms with Gasteiger partial charge < -0.3 is 15.8 Å². The molecule has 0 unspecified atom stereocenters. The van der Waals surface area contributed by atoms with Gasteiger partial charge in [0.1, 0.15) is 5.75 Å². The van der Waals surface area contributed by atoms with E-state index in [1.54, 1.807) is 25.3 Å². The molecule has 0 heterocycles. The lowest BCUT2D eigenvalue weighted by atomic mass is 10.1. The molecule has 0 aliphatic heterocycles. The number of benzene rings is 2. The monoisotopic (exact) mass is 270 g/mol. The van der Waals surface area contributed by atoms with Crippen LogP contribution >= 0.6 is 0 Å². The second kappa shape index (κ2) is 5.65. The number of anilines is 2. The number of aryl methyl sites for hydroxylation is 2. The first-order valence-corrected chi connectivity index (χ1v) is 6.33. The Morgan fingerprint density at radius 1 is 1.15 bits per heavy atom. The third-order valence-corrected chi connectivity index (χ3v) is 3.10. The molecule has 4 heteroatoms. The minimum atomic E-state index is -0.216. The molecule has 0 spiro atoms. The summed E-state index contributed by atoms with van der Waals surface area (Å²) in [6, 6.07) is 10.9. The number of methoxy groups -OCH3 is 1. The summed E-state index contributed by atoms with van der Waals surface area (Å²) in [7, 11) is 1.62. The summed E-state index contributed by atoms with van der Waals surface area (Å²) in [6.45, 7) is 3.86. The van der Waals surface area contributed by atoms with Gasteiger partial charge in [0.2, 0.25) is 0 Å². The molecule has 0 aromatic heterocycles. The van der Waals surface area contributed by atoms with Crippen molar-refractivity contribution in [2.75, 3.05) is 18.2 Å². The molecule has 20 heavy (non-hydrogen) atoms. The number of rotatable bonds is 3. The Morgan fingerprint density at radius 2 is 1.90 bits per heavy atom. The normalized spacial score (nSPS) is 10.2. The molecule has 4 nitrogen and oxygen atoms in total. The van der Waals surface area contributed by atoms with Crippen LogP contribution in [0.4, 0.5) is 11.4 Å². The molecular weight excluding hydrogens is 252 g/mol. The van der Waals surface area contributed by atoms with Gasteiger partial charge in [-0.15, -0.1) is 0 Å². The Hall–Kier alpha value is -2.49. The van der Waals surface area contributed by atoms with Gasteiger partial charge >= 0.3 is 0 Å². The third-order valence-electron chi connectivity index (χ3n) is 3.10. The SMILES string of the molecule is COc1ccc(NC(=O)c2ccc(C)cc2N)cc1C. The van der Waals surface area contributed by atoms with Crippen molar-refractivity contribution < 1.29 is 9.53 Å². The van der Waals surface area contributed by atoms with E-state index in [-0.39, 0.29) is 5.91 Å². The summed E-state index contributed by atoms with van der Waals surface area (Å²) < 4.78 is 5.19. The predicted octanol–water partition coefficient (Wildman–Crippen LogP) is 3.15. The molecular formula is C16H18N2O2. The van der Waals surface area contributed by atoms with Crippen LogP contribution in [-0.4, -0.2) is 13.0 Å². The third kappa shape index (κ3) is 2.91. The lowest BCUT2D eigenvalue weighted by Crippen LogP contribution is -2.14. The van der Waals surface area contributed by atoms with E-state index < -0.39 is 0 Å². The number of nitrogens with one attached hydrogen (secondary N) is 1. The Labute approximate surface area is 118 Å². The average Bonchev–Trinajstić information content (AvgIpc) is 2.38. The van der Waals surface area contributed by atoms with Crippen LogP contribution in [0.25, 0.3) is 0 Å². The number of amides is 1. The molecule has 104 valence electrons. The van der Waals surface area contributed by atoms with E-state index in [1.807, 2.05) is 32.0 Å². The molecule has 0 aliphatic rings. The number of nitrogens with two attached hydrogens (primary N) is 1. The van der Waals surface area contributed by atoms with Crippen LogP contribution < -0.4 is 15.8 Å². The van der Waals surface area contributed by atoms with Crippen molar-refractivity contribution in [2.45, 2.75) is 13.8 Å². The van der Waals surface area contributed by atoms with E-state index in [9.17, 15) is 4.79 Å². The molecule has 1 amide bonds. The fourth-order valence-electron chi connectivity index (χ4n) is 2.04. The standard InChI is InChI=1S/C16H18N2O2/c1-10-4-6-13(14(17)8-10)16(19)18-12-5-7-15(20-3)11(2)9-12/h4-9H,17H2,1-3H3,(H,18,19). The van der Waals surface area contributed by atoms with Crippen molar-refractivity contribution in [3.05, 3.63) is 53.1 Å². The second-order valence-electron chi connectivity index (χ2n) is 4.73. The first-order chi connectivity index (χ1) is 9.51. The molecule has 0 bridgehead atoms. The average molecular weight is 270 g/mol. The first kappa shape index (κ1) is 13.9. The minimum Gasteiger partial charge on any atom is -0.496 e. The summed E-state index contributed by atoms with van der Waals surface area (Å²) in [5.74, 6) is 0.574. The van der Waals surface area contributed by atoms with Gasteiger partial charge in [0, 0.05) is 11.4 Å². The fourth-order valence-corrected chi connectivity index (χ4v) is 2.04. The Morgan fingerprint density at radius 3 is 2.50 bits per heavy atom. The van der Waals surface area contributed by atoms with Crippen molar-refractivity contribution in [3.8, 4) is 5.75 Å². The van der Waals surface area contributed by atoms with Crippen molar-refractivity contribution >= 4 is 17.3 Å². The molecule has 2 aromatic rings. The lowest BCUT2D eigenvalue weighted by molar-refractivity contribution is 0.102. The van der Waals surface area contributed by atoms with Gasteiger partial charge in [-0.3, -0.25) is 4.79 Å². The summed E-state index contributed by atoms with van der Waals surface area (Å²) >= 11 is 0. The number of carbonyl (C=O) groups excluding carboxylic acids is 1. The van der Waals surface area contributed by atoms with E-state index >= 15 is 0 Å². The fraction of sp³-hybridized carbons (Fsp3) is 0.188. The highest BCUT2D eigenvalue weighted by Gasteiger charge is 2.10. The quantitative estimate of drug-likeness (QED) is 0.842. The Balaban J connectivity index is 2.21. The van der Waals surface area contributed by atoms with Gasteiger partial charge in [-0.25, -0.2) is 0 Å². The van der Waals surface area contributed by atoms with Crippen LogP contribution in [0.15, 0.2) is 36.4 Å². The highest BCUT2D eigenvalue weighted by atomic mass is 16.5. The molecule has 0 fully saturated rings. The van der Waals surface area contributed by atoms with Gasteiger partial charge in [0.15, 0.2) is 0 Å². The Kier molecular flexibility index (Phi) is 3.94. The topological polar surface area (TPSA) is 64.3 Å². The number of hydrogen-bond acceptors (Lipinski definition) is 3. The summed E-state index contributed by atoms with van der Waals surface area (Å²) in [6.07, 6.45) is 0. The zero-order valence-corrected chi connectivity index (χ0v) is 11.9. The molecule has 0 radical (unpaired) electrons. The van der Waals surface area contributed by atoms with Crippen LogP contribution in [0.3, 0.4) is 0 Å². The summed E-state index contributed by atoms with van der Waals surface area (Å²) in [5.41, 5.74) is 9.53. The second-order valence-corrected chi connectivity index (χ2v) is 4.73. The van der Waals surface area contributed by atoms with E-state index in [1.165, 1.54) is 0 Å². The van der Waals surface area contributed by atoms with Crippen LogP contribution in [0, 0.1) is 13.8 Å². The largest absolute Gasteiger partial charge is 0.496 e. The molecule has 0 saturated heterocycles. The van der Waals surface area contributed by atoms with Gasteiger partial charge in [0.25, 0.3) is 5.91 Å². The van der Waals surface area contributed by atoms with Crippen molar-refractivity contribution in [1.82, 2.24) is 0 Å². The van der Waals surface area contributed by atoms with Crippen LogP contribution in [0.2, 0.25) is 0 Å². The maximum Gasteiger partial charge on any atom is 0.257 e. The molecule has 0 aliphatic carbocycles. The lowest BCUT2D eigenvalue weighted by Gasteiger charge is -2.10. The highest BCUT2D eigenvalue weighted by molar-refractivity contribution is 6.07. The van der Waals surface area contributed by atoms with E-state index in [4.69, 9.17) is 10.5 Å². The van der Waals surface area contributed by atoms with Crippen molar-refractivity contribution in [3.63, 3.8) is 0 Å². The smallest absolute Gasteiger partial charge is 0.257 e. The van der Waals surface area contributed by atoms with E-state index in [0.717, 1.165) is 16.9 Å². The number of hydrogen-bond donors (Lipinski definition) is 2. The van der Waals surface area contributed by atoms with Gasteiger partial charge in [-0.2, -0.15) is 0 Å². The van der Waals surface area contributed by atoms with Crippen molar-refractivity contribution in [1.29, 1.82) is 0 Å². The zero-order valence-electron chi connectivity index (χ0n) is 11.9. The van der Waals surface area contributed by atoms with Gasteiger partial charge in [-0.05, 0) is 55.3 Å². The number of ether oxygens (including phenoxy) is 1. The summed E-state index contributed by atoms with van der Waals surface area (Å²) in [4.78, 5) is 12.2. The number of nitrogen functional groups attached to an aromatic ring is 1. The maximum absolute atomic E-state index is 12.2. The van der Waals surface area contributed by atoms with Crippen LogP contribution in [-0.2, 0) is 0 Å². The predicted molar refractivity (Wildman–Crippen MR) is 81.3 cm³/mol. The van der Waals surface area contributed by atoms with Crippen LogP contribution in [0.5, 0.6) is 5.75 Å². The molecule has 0 saturated carbocycles. The van der Waals surface area contributed by atoms with Crippen LogP contribution in [0.1, 0.15) is 21.5 Å². The number of carbonyl (C=O) groups is 1. The molecule has 2 rings (SSSR count). The highest BCUT2D eigenvalue weighted by Crippen LogP contribution is 2.22. The van der Waals surface area contributed by atoms with E-state index in [0.29, 0.717) is 16.9 Å². The maximum atomic E-state index is 12.2. The summed E-state index contributed by atoms with van der Waals surface area (Å²) in [5, 5.41) is 2.84. The van der Waals surface area contributed by atoms with E-state index in [2.05, 4.69) is 5.32 Å². The first-order valence-electron chi connectivity index (χ1n) is 6.33. The molecule has 3 N–H and O–H groups in total. The molecule has 0 atom stereocenters. The Bertz CT molecular complexity index is 651. The molecule has 2 aromatic carbocycles.